The van der Waals surface area contributed by atoms with E-state index in [1.54, 1.807) is 0 Å². The van der Waals surface area contributed by atoms with Gasteiger partial charge in [-0.2, -0.15) is 0 Å². The molecule has 1 aromatic rings. The third kappa shape index (κ3) is 2.18. The minimum Gasteiger partial charge on any atom is -0.0622 e. The number of fused-ring (bicyclic) bond motifs is 1. The zero-order valence-electron chi connectivity index (χ0n) is 10.1. The van der Waals surface area contributed by atoms with Crippen molar-refractivity contribution in [3.05, 3.63) is 83.9 Å². The maximum Gasteiger partial charge on any atom is -0.0111 e. The number of hydrogen-bond acceptors (Lipinski definition) is 0. The van der Waals surface area contributed by atoms with Crippen molar-refractivity contribution in [2.45, 2.75) is 0 Å². The van der Waals surface area contributed by atoms with E-state index in [0.29, 0.717) is 0 Å². The Morgan fingerprint density at radius 2 is 1.28 bits per heavy atom. The van der Waals surface area contributed by atoms with Gasteiger partial charge >= 0.3 is 0 Å². The van der Waals surface area contributed by atoms with Gasteiger partial charge in [-0.1, -0.05) is 84.9 Å². The highest BCUT2D eigenvalue weighted by molar-refractivity contribution is 5.83. The van der Waals surface area contributed by atoms with Crippen LogP contribution < -0.4 is 0 Å². The van der Waals surface area contributed by atoms with Gasteiger partial charge in [0, 0.05) is 0 Å². The lowest BCUT2D eigenvalue weighted by Gasteiger charge is -1.96. The third-order valence-electron chi connectivity index (χ3n) is 3.08. The summed E-state index contributed by atoms with van der Waals surface area (Å²) in [5.74, 6) is 0. The summed E-state index contributed by atoms with van der Waals surface area (Å²) in [6.45, 7) is 0. The van der Waals surface area contributed by atoms with Crippen LogP contribution in [0.5, 0.6) is 0 Å². The number of rotatable bonds is 2. The second kappa shape index (κ2) is 4.89. The topological polar surface area (TPSA) is 0 Å². The Labute approximate surface area is 108 Å². The molecule has 2 aliphatic carbocycles. The first kappa shape index (κ1) is 10.8. The predicted molar refractivity (Wildman–Crippen MR) is 78.4 cm³/mol. The van der Waals surface area contributed by atoms with Gasteiger partial charge in [0.2, 0.25) is 0 Å². The van der Waals surface area contributed by atoms with E-state index in [4.69, 9.17) is 0 Å². The zero-order chi connectivity index (χ0) is 12.2. The zero-order valence-corrected chi connectivity index (χ0v) is 10.1. The number of hydrogen-bond donors (Lipinski definition) is 0. The van der Waals surface area contributed by atoms with Crippen molar-refractivity contribution in [1.29, 1.82) is 0 Å². The van der Waals surface area contributed by atoms with Gasteiger partial charge in [0.15, 0.2) is 0 Å². The lowest BCUT2D eigenvalue weighted by molar-refractivity contribution is 1.66. The SMILES string of the molecule is C(=Cc1ccc2cccccc1-2)c1ccccc1. The van der Waals surface area contributed by atoms with Crippen LogP contribution in [-0.4, -0.2) is 0 Å². The van der Waals surface area contributed by atoms with Crippen molar-refractivity contribution in [1.82, 2.24) is 0 Å². The first-order chi connectivity index (χ1) is 8.93. The molecule has 0 atom stereocenters. The largest absolute Gasteiger partial charge is 0.0622 e. The Kier molecular flexibility index (Phi) is 2.93. The summed E-state index contributed by atoms with van der Waals surface area (Å²) in [7, 11) is 0. The van der Waals surface area contributed by atoms with E-state index < -0.39 is 0 Å². The van der Waals surface area contributed by atoms with E-state index in [1.165, 1.54) is 22.3 Å². The minimum atomic E-state index is 1.23. The number of benzene rings is 1. The van der Waals surface area contributed by atoms with Crippen LogP contribution in [0.25, 0.3) is 23.3 Å². The van der Waals surface area contributed by atoms with Crippen LogP contribution in [0.3, 0.4) is 0 Å². The van der Waals surface area contributed by atoms with Crippen LogP contribution in [0.2, 0.25) is 0 Å². The molecule has 0 amide bonds. The molecule has 0 radical (unpaired) electrons. The van der Waals surface area contributed by atoms with Crippen molar-refractivity contribution in [3.8, 4) is 11.1 Å². The molecule has 0 bridgehead atoms. The molecular weight excluding hydrogens is 216 g/mol. The highest BCUT2D eigenvalue weighted by Gasteiger charge is 2.03. The molecule has 2 aliphatic rings. The van der Waals surface area contributed by atoms with E-state index in [9.17, 15) is 0 Å². The molecule has 0 fully saturated rings. The molecule has 0 saturated heterocycles. The Morgan fingerprint density at radius 3 is 2.11 bits per heavy atom. The molecule has 0 unspecified atom stereocenters. The molecule has 3 rings (SSSR count). The van der Waals surface area contributed by atoms with Gasteiger partial charge in [0.25, 0.3) is 0 Å². The van der Waals surface area contributed by atoms with Crippen molar-refractivity contribution < 1.29 is 0 Å². The van der Waals surface area contributed by atoms with Gasteiger partial charge < -0.3 is 0 Å². The Balaban J connectivity index is 1.96. The highest BCUT2D eigenvalue weighted by Crippen LogP contribution is 2.28. The molecule has 0 heteroatoms. The molecule has 18 heavy (non-hydrogen) atoms. The Hall–Kier alpha value is -2.34. The van der Waals surface area contributed by atoms with Crippen molar-refractivity contribution in [2.24, 2.45) is 0 Å². The van der Waals surface area contributed by atoms with Crippen LogP contribution in [-0.2, 0) is 0 Å². The van der Waals surface area contributed by atoms with Gasteiger partial charge in [0.1, 0.15) is 0 Å². The lowest BCUT2D eigenvalue weighted by atomic mass is 10.1. The lowest BCUT2D eigenvalue weighted by Crippen LogP contribution is -1.72. The van der Waals surface area contributed by atoms with Gasteiger partial charge in [0.05, 0.1) is 0 Å². The van der Waals surface area contributed by atoms with E-state index in [1.807, 2.05) is 6.07 Å². The van der Waals surface area contributed by atoms with E-state index in [0.717, 1.165) is 0 Å². The quantitative estimate of drug-likeness (QED) is 0.583. The van der Waals surface area contributed by atoms with Crippen LogP contribution in [0.4, 0.5) is 0 Å². The molecule has 0 heterocycles. The first-order valence-corrected chi connectivity index (χ1v) is 6.14. The van der Waals surface area contributed by atoms with Crippen molar-refractivity contribution in [3.63, 3.8) is 0 Å². The summed E-state index contributed by atoms with van der Waals surface area (Å²) in [6.07, 6.45) is 4.33. The molecule has 0 saturated carbocycles. The Morgan fingerprint density at radius 1 is 0.556 bits per heavy atom. The molecule has 86 valence electrons. The fraction of sp³-hybridized carbons (Fsp3) is 0. The van der Waals surface area contributed by atoms with Gasteiger partial charge in [-0.25, -0.2) is 0 Å². The summed E-state index contributed by atoms with van der Waals surface area (Å²) < 4.78 is 0. The highest BCUT2D eigenvalue weighted by atomic mass is 14.1. The second-order valence-electron chi connectivity index (χ2n) is 4.31. The van der Waals surface area contributed by atoms with E-state index in [2.05, 4.69) is 78.9 Å². The van der Waals surface area contributed by atoms with E-state index in [-0.39, 0.29) is 0 Å². The summed E-state index contributed by atoms with van der Waals surface area (Å²) >= 11 is 0. The molecule has 0 aromatic heterocycles. The maximum absolute atomic E-state index is 2.18. The summed E-state index contributed by atoms with van der Waals surface area (Å²) in [6, 6.07) is 25.3. The summed E-state index contributed by atoms with van der Waals surface area (Å²) in [4.78, 5) is 0. The average Bonchev–Trinajstić information content (AvgIpc) is 2.65. The monoisotopic (exact) mass is 230 g/mol. The molecular formula is C18H14. The molecule has 1 aromatic carbocycles. The fourth-order valence-electron chi connectivity index (χ4n) is 2.13. The molecule has 0 aliphatic heterocycles. The maximum atomic E-state index is 2.18. The second-order valence-corrected chi connectivity index (χ2v) is 4.31. The fourth-order valence-corrected chi connectivity index (χ4v) is 2.13. The van der Waals surface area contributed by atoms with Gasteiger partial charge in [-0.3, -0.25) is 0 Å². The smallest absolute Gasteiger partial charge is 0.0111 e. The standard InChI is InChI=1S/C18H14/c1-3-7-15(8-4-1)11-12-17-14-13-16-9-5-2-6-10-18(16)17/h1-14H. The first-order valence-electron chi connectivity index (χ1n) is 6.14. The predicted octanol–water partition coefficient (Wildman–Crippen LogP) is 4.96. The van der Waals surface area contributed by atoms with Crippen LogP contribution in [0, 0.1) is 0 Å². The Bertz CT molecular complexity index is 635. The normalized spacial score (nSPS) is 11.1. The molecule has 0 N–H and O–H groups in total. The van der Waals surface area contributed by atoms with Crippen molar-refractivity contribution in [2.75, 3.05) is 0 Å². The van der Waals surface area contributed by atoms with Gasteiger partial charge in [-0.15, -0.1) is 0 Å². The van der Waals surface area contributed by atoms with Gasteiger partial charge in [-0.05, 0) is 22.3 Å². The van der Waals surface area contributed by atoms with Crippen LogP contribution in [0.1, 0.15) is 11.1 Å². The minimum absolute atomic E-state index is 1.23. The third-order valence-corrected chi connectivity index (χ3v) is 3.08. The summed E-state index contributed by atoms with van der Waals surface area (Å²) in [5.41, 5.74) is 5.08. The average molecular weight is 230 g/mol. The molecule has 0 spiro atoms. The van der Waals surface area contributed by atoms with Crippen molar-refractivity contribution >= 4 is 12.2 Å². The van der Waals surface area contributed by atoms with E-state index >= 15 is 0 Å². The van der Waals surface area contributed by atoms with Crippen LogP contribution >= 0.6 is 0 Å². The molecule has 0 nitrogen and oxygen atoms in total. The summed E-state index contributed by atoms with van der Waals surface area (Å²) in [5, 5.41) is 0. The van der Waals surface area contributed by atoms with Crippen LogP contribution in [0.15, 0.2) is 72.8 Å².